The summed E-state index contributed by atoms with van der Waals surface area (Å²) in [6, 6.07) is 5.10. The van der Waals surface area contributed by atoms with Crippen LogP contribution in [0, 0.1) is 0 Å². The molecule has 1 aliphatic rings. The van der Waals surface area contributed by atoms with E-state index in [0.29, 0.717) is 41.4 Å². The molecule has 1 saturated heterocycles. The van der Waals surface area contributed by atoms with Gasteiger partial charge in [-0.25, -0.2) is 23.7 Å². The number of aromatic nitrogens is 4. The summed E-state index contributed by atoms with van der Waals surface area (Å²) in [4.78, 5) is 17.1. The molecule has 3 aromatic rings. The number of aromatic hydroxyl groups is 1. The molecule has 2 aromatic heterocycles. The molecule has 0 unspecified atom stereocenters. The van der Waals surface area contributed by atoms with Crippen LogP contribution in [0.15, 0.2) is 23.2 Å². The smallest absolute Gasteiger partial charge is 0.254 e. The van der Waals surface area contributed by atoms with Crippen LogP contribution in [0.5, 0.6) is 5.75 Å². The van der Waals surface area contributed by atoms with Crippen molar-refractivity contribution in [2.75, 3.05) is 33.7 Å². The number of nitrogens with zero attached hydrogens (tertiary/aromatic N) is 7. The van der Waals surface area contributed by atoms with E-state index < -0.39 is 6.43 Å². The zero-order chi connectivity index (χ0) is 20.5. The lowest BCUT2D eigenvalue weighted by Crippen LogP contribution is -2.37. The molecular weight excluding hydrogens is 380 g/mol. The van der Waals surface area contributed by atoms with Crippen molar-refractivity contribution in [1.29, 1.82) is 0 Å². The Bertz CT molecular complexity index is 1050. The highest BCUT2D eigenvalue weighted by molar-refractivity contribution is 5.95. The minimum atomic E-state index is -2.36. The number of hydrogen-bond donors (Lipinski definition) is 1. The van der Waals surface area contributed by atoms with Crippen LogP contribution >= 0.6 is 0 Å². The second-order valence-electron chi connectivity index (χ2n) is 7.49. The van der Waals surface area contributed by atoms with Crippen LogP contribution in [0.3, 0.4) is 0 Å². The van der Waals surface area contributed by atoms with Gasteiger partial charge in [0.2, 0.25) is 0 Å². The number of rotatable bonds is 5. The minimum Gasteiger partial charge on any atom is -0.506 e. The molecule has 0 saturated carbocycles. The normalized spacial score (nSPS) is 18.4. The summed E-state index contributed by atoms with van der Waals surface area (Å²) in [5.41, 5.74) is 0.936. The first-order valence-corrected chi connectivity index (χ1v) is 9.52. The average molecular weight is 403 g/mol. The van der Waals surface area contributed by atoms with Gasteiger partial charge in [0.05, 0.1) is 12.9 Å². The first-order valence-electron chi connectivity index (χ1n) is 9.52. The Morgan fingerprint density at radius 1 is 1.34 bits per heavy atom. The maximum atomic E-state index is 12.8. The van der Waals surface area contributed by atoms with Gasteiger partial charge in [-0.2, -0.15) is 4.52 Å². The van der Waals surface area contributed by atoms with E-state index in [9.17, 15) is 13.9 Å². The quantitative estimate of drug-likeness (QED) is 0.521. The summed E-state index contributed by atoms with van der Waals surface area (Å²) < 4.78 is 27.2. The van der Waals surface area contributed by atoms with Gasteiger partial charge < -0.3 is 10.0 Å². The molecule has 0 amide bonds. The lowest BCUT2D eigenvalue weighted by molar-refractivity contribution is 0.0731. The number of halogens is 2. The van der Waals surface area contributed by atoms with Crippen molar-refractivity contribution in [3.8, 4) is 5.75 Å². The summed E-state index contributed by atoms with van der Waals surface area (Å²) in [6.07, 6.45) is 0.896. The second kappa shape index (κ2) is 7.86. The summed E-state index contributed by atoms with van der Waals surface area (Å²) in [6.45, 7) is 0.916. The van der Waals surface area contributed by atoms with Crippen LogP contribution in [0.2, 0.25) is 0 Å². The molecule has 1 fully saturated rings. The third-order valence-electron chi connectivity index (χ3n) is 4.95. The Labute approximate surface area is 166 Å². The number of piperidine rings is 1. The van der Waals surface area contributed by atoms with Crippen LogP contribution in [-0.4, -0.2) is 81.0 Å². The van der Waals surface area contributed by atoms with Crippen molar-refractivity contribution in [1.82, 2.24) is 29.4 Å². The highest BCUT2D eigenvalue weighted by atomic mass is 19.3. The molecule has 8 nitrogen and oxygen atoms in total. The van der Waals surface area contributed by atoms with Gasteiger partial charge in [-0.15, -0.1) is 5.10 Å². The van der Waals surface area contributed by atoms with Gasteiger partial charge in [0.1, 0.15) is 11.3 Å². The monoisotopic (exact) mass is 403 g/mol. The van der Waals surface area contributed by atoms with E-state index in [1.165, 1.54) is 0 Å². The third kappa shape index (κ3) is 3.98. The topological polar surface area (TPSA) is 82.1 Å². The fourth-order valence-corrected chi connectivity index (χ4v) is 3.67. The number of fused-ring (bicyclic) bond motifs is 3. The summed E-state index contributed by atoms with van der Waals surface area (Å²) in [7, 11) is 3.68. The van der Waals surface area contributed by atoms with Crippen LogP contribution in [0.4, 0.5) is 14.7 Å². The van der Waals surface area contributed by atoms with Crippen molar-refractivity contribution in [2.45, 2.75) is 25.2 Å². The van der Waals surface area contributed by atoms with E-state index >= 15 is 0 Å². The molecule has 1 aliphatic heterocycles. The average Bonchev–Trinajstić information content (AvgIpc) is 3.12. The number of benzene rings is 1. The van der Waals surface area contributed by atoms with Gasteiger partial charge in [-0.05, 0) is 31.5 Å². The third-order valence-corrected chi connectivity index (χ3v) is 4.95. The first-order chi connectivity index (χ1) is 13.9. The minimum absolute atomic E-state index is 0.0385. The van der Waals surface area contributed by atoms with Crippen molar-refractivity contribution in [2.24, 2.45) is 4.99 Å². The molecule has 3 heterocycles. The largest absolute Gasteiger partial charge is 0.506 e. The number of aliphatic imine (C=N–C) groups is 1. The number of hydrogen-bond acceptors (Lipinski definition) is 6. The zero-order valence-electron chi connectivity index (χ0n) is 16.3. The Balaban J connectivity index is 1.80. The maximum Gasteiger partial charge on any atom is 0.254 e. The van der Waals surface area contributed by atoms with Gasteiger partial charge in [0.25, 0.3) is 12.4 Å². The number of likely N-dealkylation sites (tertiary alicyclic amines) is 1. The number of alkyl halides is 2. The van der Waals surface area contributed by atoms with E-state index in [-0.39, 0.29) is 18.2 Å². The molecule has 0 radical (unpaired) electrons. The first kappa shape index (κ1) is 19.4. The standard InChI is InChI=1S/C19H23F2N7O/c1-26(2)11-22-19-23-16-13(6-3-7-14(16)29)18-24-17(25-28(18)19)12-5-4-8-27(9-12)10-15(20)21/h3,6-7,11-12,15,29H,4-5,8-10H2,1-2H3/t12-/m1/s1. The molecule has 29 heavy (non-hydrogen) atoms. The highest BCUT2D eigenvalue weighted by Crippen LogP contribution is 2.31. The van der Waals surface area contributed by atoms with Gasteiger partial charge >= 0.3 is 0 Å². The Hall–Kier alpha value is -2.88. The molecule has 1 aromatic carbocycles. The van der Waals surface area contributed by atoms with Crippen LogP contribution in [0.1, 0.15) is 24.6 Å². The molecule has 1 N–H and O–H groups in total. The number of phenolic OH excluding ortho intramolecular Hbond substituents is 1. The van der Waals surface area contributed by atoms with Crippen molar-refractivity contribution in [3.05, 3.63) is 24.0 Å². The fourth-order valence-electron chi connectivity index (χ4n) is 3.67. The molecule has 10 heteroatoms. The Kier molecular flexibility index (Phi) is 5.27. The van der Waals surface area contributed by atoms with E-state index in [2.05, 4.69) is 15.1 Å². The molecule has 1 atom stereocenters. The SMILES string of the molecule is CN(C)C=Nc1nc2c(O)cccc2c2nc([C@@H]3CCCN(CC(F)F)C3)nn12. The zero-order valence-corrected chi connectivity index (χ0v) is 16.3. The fraction of sp³-hybridized carbons (Fsp3) is 0.474. The van der Waals surface area contributed by atoms with Crippen molar-refractivity contribution >= 4 is 28.8 Å². The molecule has 0 bridgehead atoms. The molecular formula is C19H23F2N7O. The van der Waals surface area contributed by atoms with Crippen LogP contribution in [-0.2, 0) is 0 Å². The van der Waals surface area contributed by atoms with Gasteiger partial charge in [0, 0.05) is 31.9 Å². The predicted octanol–water partition coefficient (Wildman–Crippen LogP) is 2.65. The molecule has 0 aliphatic carbocycles. The Morgan fingerprint density at radius 3 is 2.93 bits per heavy atom. The van der Waals surface area contributed by atoms with Gasteiger partial charge in [0.15, 0.2) is 11.5 Å². The summed E-state index contributed by atoms with van der Waals surface area (Å²) >= 11 is 0. The summed E-state index contributed by atoms with van der Waals surface area (Å²) in [5, 5.41) is 15.5. The van der Waals surface area contributed by atoms with Gasteiger partial charge in [-0.1, -0.05) is 6.07 Å². The van der Waals surface area contributed by atoms with Crippen LogP contribution in [0.25, 0.3) is 16.6 Å². The number of para-hydroxylation sites is 1. The maximum absolute atomic E-state index is 12.8. The lowest BCUT2D eigenvalue weighted by atomic mass is 9.97. The molecule has 4 rings (SSSR count). The van der Waals surface area contributed by atoms with E-state index in [1.807, 2.05) is 20.2 Å². The van der Waals surface area contributed by atoms with E-state index in [0.717, 1.165) is 12.8 Å². The second-order valence-corrected chi connectivity index (χ2v) is 7.49. The lowest BCUT2D eigenvalue weighted by Gasteiger charge is -2.30. The van der Waals surface area contributed by atoms with E-state index in [1.54, 1.807) is 32.8 Å². The van der Waals surface area contributed by atoms with E-state index in [4.69, 9.17) is 4.98 Å². The van der Waals surface area contributed by atoms with Crippen molar-refractivity contribution < 1.29 is 13.9 Å². The predicted molar refractivity (Wildman–Crippen MR) is 106 cm³/mol. The number of phenols is 1. The van der Waals surface area contributed by atoms with Gasteiger partial charge in [-0.3, -0.25) is 4.90 Å². The summed E-state index contributed by atoms with van der Waals surface area (Å²) in [5.74, 6) is 0.877. The molecule has 154 valence electrons. The van der Waals surface area contributed by atoms with Crippen molar-refractivity contribution in [3.63, 3.8) is 0 Å². The Morgan fingerprint density at radius 2 is 2.17 bits per heavy atom. The highest BCUT2D eigenvalue weighted by Gasteiger charge is 2.27. The van der Waals surface area contributed by atoms with Crippen LogP contribution < -0.4 is 0 Å². The molecule has 0 spiro atoms.